The highest BCUT2D eigenvalue weighted by molar-refractivity contribution is 9.10. The van der Waals surface area contributed by atoms with Gasteiger partial charge in [0.05, 0.1) is 10.2 Å². The fourth-order valence-corrected chi connectivity index (χ4v) is 2.91. The quantitative estimate of drug-likeness (QED) is 0.725. The van der Waals surface area contributed by atoms with Gasteiger partial charge in [0, 0.05) is 29.2 Å². The normalized spacial score (nSPS) is 11.3. The van der Waals surface area contributed by atoms with Gasteiger partial charge in [-0.25, -0.2) is 0 Å². The first kappa shape index (κ1) is 11.3. The van der Waals surface area contributed by atoms with Gasteiger partial charge in [-0.2, -0.15) is 5.10 Å². The Morgan fingerprint density at radius 3 is 2.72 bits per heavy atom. The summed E-state index contributed by atoms with van der Waals surface area (Å²) < 4.78 is 2.65. The van der Waals surface area contributed by atoms with Crippen molar-refractivity contribution in [2.24, 2.45) is 7.05 Å². The molecule has 0 bridgehead atoms. The van der Waals surface area contributed by atoms with E-state index in [2.05, 4.69) is 45.1 Å². The second-order valence-electron chi connectivity index (χ2n) is 4.34. The predicted molar refractivity (Wildman–Crippen MR) is 77.4 cm³/mol. The molecule has 0 fully saturated rings. The SMILES string of the molecule is Cc1[nH]c2ccccc2c1-c1c(Br)c(N)nn1C. The summed E-state index contributed by atoms with van der Waals surface area (Å²) >= 11 is 3.52. The Kier molecular flexibility index (Phi) is 2.45. The van der Waals surface area contributed by atoms with E-state index in [0.29, 0.717) is 5.82 Å². The molecule has 2 aromatic heterocycles. The Bertz CT molecular complexity index is 739. The number of hydrogen-bond donors (Lipinski definition) is 2. The lowest BCUT2D eigenvalue weighted by Gasteiger charge is -2.03. The van der Waals surface area contributed by atoms with Gasteiger partial charge in [-0.15, -0.1) is 0 Å². The van der Waals surface area contributed by atoms with Crippen molar-refractivity contribution in [1.29, 1.82) is 0 Å². The number of aromatic nitrogens is 3. The zero-order chi connectivity index (χ0) is 12.9. The van der Waals surface area contributed by atoms with Crippen LogP contribution in [0.4, 0.5) is 5.82 Å². The highest BCUT2D eigenvalue weighted by Gasteiger charge is 2.19. The van der Waals surface area contributed by atoms with Gasteiger partial charge in [0.15, 0.2) is 5.82 Å². The number of H-pyrrole nitrogens is 1. The first-order chi connectivity index (χ1) is 8.59. The van der Waals surface area contributed by atoms with Gasteiger partial charge in [-0.05, 0) is 28.9 Å². The molecule has 4 nitrogen and oxygen atoms in total. The Balaban J connectivity index is 2.41. The molecule has 0 saturated heterocycles. The van der Waals surface area contributed by atoms with Gasteiger partial charge in [-0.3, -0.25) is 4.68 Å². The van der Waals surface area contributed by atoms with Crippen molar-refractivity contribution in [3.63, 3.8) is 0 Å². The van der Waals surface area contributed by atoms with Crippen molar-refractivity contribution in [3.8, 4) is 11.3 Å². The average Bonchev–Trinajstić information content (AvgIpc) is 2.77. The molecular formula is C13H13BrN4. The Labute approximate surface area is 113 Å². The third-order valence-electron chi connectivity index (χ3n) is 3.14. The first-order valence-corrected chi connectivity index (χ1v) is 6.44. The Hall–Kier alpha value is -1.75. The van der Waals surface area contributed by atoms with Crippen LogP contribution in [0.2, 0.25) is 0 Å². The summed E-state index contributed by atoms with van der Waals surface area (Å²) in [6, 6.07) is 8.23. The van der Waals surface area contributed by atoms with Crippen LogP contribution in [0.3, 0.4) is 0 Å². The summed E-state index contributed by atoms with van der Waals surface area (Å²) in [5.74, 6) is 0.511. The van der Waals surface area contributed by atoms with Crippen molar-refractivity contribution in [1.82, 2.24) is 14.8 Å². The van der Waals surface area contributed by atoms with Crippen molar-refractivity contribution in [2.75, 3.05) is 5.73 Å². The van der Waals surface area contributed by atoms with Crippen molar-refractivity contribution >= 4 is 32.7 Å². The Morgan fingerprint density at radius 1 is 1.33 bits per heavy atom. The molecule has 3 aromatic rings. The molecular weight excluding hydrogens is 292 g/mol. The molecule has 2 heterocycles. The number of nitrogens with one attached hydrogen (secondary N) is 1. The number of para-hydroxylation sites is 1. The van der Waals surface area contributed by atoms with Gasteiger partial charge in [0.25, 0.3) is 0 Å². The first-order valence-electron chi connectivity index (χ1n) is 5.65. The van der Waals surface area contributed by atoms with Crippen LogP contribution >= 0.6 is 15.9 Å². The number of fused-ring (bicyclic) bond motifs is 1. The van der Waals surface area contributed by atoms with Crippen LogP contribution in [0.5, 0.6) is 0 Å². The molecule has 1 aromatic carbocycles. The molecule has 92 valence electrons. The number of nitrogen functional groups attached to an aromatic ring is 1. The minimum Gasteiger partial charge on any atom is -0.381 e. The van der Waals surface area contributed by atoms with Crippen LogP contribution in [0.25, 0.3) is 22.2 Å². The Morgan fingerprint density at radius 2 is 2.06 bits per heavy atom. The van der Waals surface area contributed by atoms with Crippen LogP contribution in [0.1, 0.15) is 5.69 Å². The molecule has 3 rings (SSSR count). The standard InChI is InChI=1S/C13H13BrN4/c1-7-10(8-5-3-4-6-9(8)16-7)12-11(14)13(15)17-18(12)2/h3-6,16H,1-2H3,(H2,15,17). The number of hydrogen-bond acceptors (Lipinski definition) is 2. The maximum absolute atomic E-state index is 5.85. The summed E-state index contributed by atoms with van der Waals surface area (Å²) in [7, 11) is 1.90. The molecule has 0 saturated carbocycles. The smallest absolute Gasteiger partial charge is 0.160 e. The van der Waals surface area contributed by atoms with Crippen LogP contribution in [-0.4, -0.2) is 14.8 Å². The fraction of sp³-hybridized carbons (Fsp3) is 0.154. The summed E-state index contributed by atoms with van der Waals surface area (Å²) in [5, 5.41) is 5.43. The van der Waals surface area contributed by atoms with E-state index in [9.17, 15) is 0 Å². The second kappa shape index (κ2) is 3.88. The molecule has 0 unspecified atom stereocenters. The van der Waals surface area contributed by atoms with E-state index in [-0.39, 0.29) is 0 Å². The molecule has 0 aliphatic rings. The van der Waals surface area contributed by atoms with E-state index < -0.39 is 0 Å². The van der Waals surface area contributed by atoms with Gasteiger partial charge >= 0.3 is 0 Å². The monoisotopic (exact) mass is 304 g/mol. The third-order valence-corrected chi connectivity index (χ3v) is 3.93. The number of aryl methyl sites for hydroxylation is 2. The van der Waals surface area contributed by atoms with E-state index in [1.165, 1.54) is 5.39 Å². The van der Waals surface area contributed by atoms with Crippen LogP contribution in [0, 0.1) is 6.92 Å². The topological polar surface area (TPSA) is 59.6 Å². The highest BCUT2D eigenvalue weighted by Crippen LogP contribution is 2.38. The number of aromatic amines is 1. The maximum Gasteiger partial charge on any atom is 0.160 e. The van der Waals surface area contributed by atoms with E-state index in [4.69, 9.17) is 5.73 Å². The number of rotatable bonds is 1. The lowest BCUT2D eigenvalue weighted by molar-refractivity contribution is 0.780. The summed E-state index contributed by atoms with van der Waals surface area (Å²) in [6.07, 6.45) is 0. The largest absolute Gasteiger partial charge is 0.381 e. The van der Waals surface area contributed by atoms with E-state index in [0.717, 1.165) is 26.9 Å². The van der Waals surface area contributed by atoms with E-state index in [1.54, 1.807) is 0 Å². The number of nitrogens with two attached hydrogens (primary N) is 1. The molecule has 0 amide bonds. The van der Waals surface area contributed by atoms with E-state index >= 15 is 0 Å². The maximum atomic E-state index is 5.85. The zero-order valence-electron chi connectivity index (χ0n) is 10.2. The summed E-state index contributed by atoms with van der Waals surface area (Å²) in [4.78, 5) is 3.39. The van der Waals surface area contributed by atoms with Gasteiger partial charge < -0.3 is 10.7 Å². The fourth-order valence-electron chi connectivity index (χ4n) is 2.37. The van der Waals surface area contributed by atoms with Crippen molar-refractivity contribution < 1.29 is 0 Å². The number of nitrogens with zero attached hydrogens (tertiary/aromatic N) is 2. The van der Waals surface area contributed by atoms with Gasteiger partial charge in [0.2, 0.25) is 0 Å². The van der Waals surface area contributed by atoms with Gasteiger partial charge in [0.1, 0.15) is 0 Å². The van der Waals surface area contributed by atoms with E-state index in [1.807, 2.05) is 23.9 Å². The van der Waals surface area contributed by atoms with Crippen LogP contribution in [0.15, 0.2) is 28.7 Å². The molecule has 0 atom stereocenters. The highest BCUT2D eigenvalue weighted by atomic mass is 79.9. The molecule has 5 heteroatoms. The van der Waals surface area contributed by atoms with Crippen LogP contribution in [-0.2, 0) is 7.05 Å². The van der Waals surface area contributed by atoms with Crippen molar-refractivity contribution in [2.45, 2.75) is 6.92 Å². The predicted octanol–water partition coefficient (Wildman–Crippen LogP) is 3.22. The minimum atomic E-state index is 0.511. The summed E-state index contributed by atoms with van der Waals surface area (Å²) in [6.45, 7) is 2.06. The number of benzene rings is 1. The number of anilines is 1. The average molecular weight is 305 g/mol. The van der Waals surface area contributed by atoms with Gasteiger partial charge in [-0.1, -0.05) is 18.2 Å². The minimum absolute atomic E-state index is 0.511. The molecule has 3 N–H and O–H groups in total. The molecule has 0 spiro atoms. The molecule has 0 radical (unpaired) electrons. The molecule has 0 aliphatic heterocycles. The lowest BCUT2D eigenvalue weighted by Crippen LogP contribution is -1.95. The lowest BCUT2D eigenvalue weighted by atomic mass is 10.1. The number of halogens is 1. The molecule has 18 heavy (non-hydrogen) atoms. The summed E-state index contributed by atoms with van der Waals surface area (Å²) in [5.41, 5.74) is 10.2. The zero-order valence-corrected chi connectivity index (χ0v) is 11.7. The van der Waals surface area contributed by atoms with Crippen molar-refractivity contribution in [3.05, 3.63) is 34.4 Å². The second-order valence-corrected chi connectivity index (χ2v) is 5.14. The third kappa shape index (κ3) is 1.47. The van der Waals surface area contributed by atoms with Crippen LogP contribution < -0.4 is 5.73 Å². The molecule has 0 aliphatic carbocycles.